The minimum atomic E-state index is -0.0489. The average molecular weight is 290 g/mol. The molecule has 1 aliphatic heterocycles. The number of carbonyl (C=O) groups excluding carboxylic acids is 2. The Hall–Kier alpha value is -2.08. The van der Waals surface area contributed by atoms with E-state index in [0.29, 0.717) is 24.3 Å². The Kier molecular flexibility index (Phi) is 5.57. The Morgan fingerprint density at radius 3 is 3.00 bits per heavy atom. The zero-order valence-electron chi connectivity index (χ0n) is 12.1. The van der Waals surface area contributed by atoms with E-state index in [4.69, 9.17) is 5.73 Å². The predicted octanol–water partition coefficient (Wildman–Crippen LogP) is 0.809. The number of benzene rings is 1. The van der Waals surface area contributed by atoms with Gasteiger partial charge in [0.2, 0.25) is 11.8 Å². The molecule has 0 aliphatic carbocycles. The van der Waals surface area contributed by atoms with E-state index < -0.39 is 0 Å². The second-order valence-corrected chi connectivity index (χ2v) is 5.22. The van der Waals surface area contributed by atoms with Crippen LogP contribution in [0.3, 0.4) is 0 Å². The monoisotopic (exact) mass is 290 g/mol. The third-order valence-corrected chi connectivity index (χ3v) is 3.45. The highest BCUT2D eigenvalue weighted by molar-refractivity contribution is 5.93. The van der Waals surface area contributed by atoms with E-state index in [-0.39, 0.29) is 11.8 Å². The predicted molar refractivity (Wildman–Crippen MR) is 82.8 cm³/mol. The Bertz CT molecular complexity index is 504. The summed E-state index contributed by atoms with van der Waals surface area (Å²) in [5.41, 5.74) is 6.99. The van der Waals surface area contributed by atoms with Crippen molar-refractivity contribution in [2.45, 2.75) is 19.3 Å². The first kappa shape index (κ1) is 15.3. The van der Waals surface area contributed by atoms with E-state index in [0.717, 1.165) is 32.5 Å². The maximum Gasteiger partial charge on any atom is 0.234 e. The summed E-state index contributed by atoms with van der Waals surface area (Å²) in [6.07, 6.45) is 2.11. The number of hydrogen-bond donors (Lipinski definition) is 3. The summed E-state index contributed by atoms with van der Waals surface area (Å²) in [5, 5.41) is 5.65. The average Bonchev–Trinajstić information content (AvgIpc) is 2.66. The molecule has 0 unspecified atom stereocenters. The summed E-state index contributed by atoms with van der Waals surface area (Å²) in [7, 11) is 0. The Labute approximate surface area is 124 Å². The smallest absolute Gasteiger partial charge is 0.234 e. The molecule has 114 valence electrons. The van der Waals surface area contributed by atoms with Gasteiger partial charge in [-0.25, -0.2) is 0 Å². The molecule has 0 spiro atoms. The van der Waals surface area contributed by atoms with Gasteiger partial charge in [-0.15, -0.1) is 0 Å². The van der Waals surface area contributed by atoms with Crippen molar-refractivity contribution >= 4 is 23.2 Å². The fourth-order valence-electron chi connectivity index (χ4n) is 2.35. The summed E-state index contributed by atoms with van der Waals surface area (Å²) in [4.78, 5) is 25.4. The normalized spacial score (nSPS) is 16.1. The summed E-state index contributed by atoms with van der Waals surface area (Å²) in [6, 6.07) is 7.20. The molecule has 1 fully saturated rings. The molecule has 2 amide bonds. The minimum Gasteiger partial charge on any atom is -0.397 e. The number of nitrogens with two attached hydrogens (primary N) is 1. The van der Waals surface area contributed by atoms with Gasteiger partial charge in [-0.2, -0.15) is 0 Å². The highest BCUT2D eigenvalue weighted by Gasteiger charge is 2.14. The molecule has 1 aromatic rings. The van der Waals surface area contributed by atoms with Gasteiger partial charge < -0.3 is 16.4 Å². The van der Waals surface area contributed by atoms with E-state index in [1.165, 1.54) is 0 Å². The molecule has 21 heavy (non-hydrogen) atoms. The molecule has 0 saturated carbocycles. The van der Waals surface area contributed by atoms with Crippen LogP contribution < -0.4 is 16.4 Å². The highest BCUT2D eigenvalue weighted by atomic mass is 16.2. The summed E-state index contributed by atoms with van der Waals surface area (Å²) in [5.74, 6) is 0.0150. The van der Waals surface area contributed by atoms with Crippen LogP contribution in [0.2, 0.25) is 0 Å². The molecule has 0 bridgehead atoms. The molecule has 1 heterocycles. The third kappa shape index (κ3) is 5.07. The molecular weight excluding hydrogens is 268 g/mol. The molecule has 1 saturated heterocycles. The minimum absolute atomic E-state index is 0.0489. The zero-order chi connectivity index (χ0) is 15.1. The van der Waals surface area contributed by atoms with Gasteiger partial charge in [0.05, 0.1) is 17.9 Å². The van der Waals surface area contributed by atoms with Crippen molar-refractivity contribution in [3.63, 3.8) is 0 Å². The Morgan fingerprint density at radius 1 is 1.38 bits per heavy atom. The van der Waals surface area contributed by atoms with Gasteiger partial charge in [0, 0.05) is 19.5 Å². The fraction of sp³-hybridized carbons (Fsp3) is 0.467. The van der Waals surface area contributed by atoms with E-state index in [1.54, 1.807) is 12.1 Å². The van der Waals surface area contributed by atoms with Crippen molar-refractivity contribution in [1.29, 1.82) is 0 Å². The largest absolute Gasteiger partial charge is 0.397 e. The maximum absolute atomic E-state index is 11.9. The van der Waals surface area contributed by atoms with Gasteiger partial charge in [-0.3, -0.25) is 14.5 Å². The number of anilines is 2. The first-order chi connectivity index (χ1) is 10.1. The lowest BCUT2D eigenvalue weighted by Gasteiger charge is -2.18. The van der Waals surface area contributed by atoms with Crippen molar-refractivity contribution in [3.8, 4) is 0 Å². The Morgan fingerprint density at radius 2 is 2.19 bits per heavy atom. The van der Waals surface area contributed by atoms with Crippen molar-refractivity contribution in [2.75, 3.05) is 37.2 Å². The lowest BCUT2D eigenvalue weighted by atomic mass is 10.2. The molecular formula is C15H22N4O2. The second-order valence-electron chi connectivity index (χ2n) is 5.22. The van der Waals surface area contributed by atoms with Gasteiger partial charge >= 0.3 is 0 Å². The van der Waals surface area contributed by atoms with Crippen LogP contribution in [0.15, 0.2) is 24.3 Å². The molecule has 4 N–H and O–H groups in total. The van der Waals surface area contributed by atoms with Crippen molar-refractivity contribution in [1.82, 2.24) is 10.2 Å². The number of nitrogens with one attached hydrogen (secondary N) is 2. The van der Waals surface area contributed by atoms with Gasteiger partial charge in [0.15, 0.2) is 0 Å². The third-order valence-electron chi connectivity index (χ3n) is 3.45. The van der Waals surface area contributed by atoms with Crippen LogP contribution in [0.25, 0.3) is 0 Å². The van der Waals surface area contributed by atoms with Crippen molar-refractivity contribution in [2.24, 2.45) is 0 Å². The van der Waals surface area contributed by atoms with Crippen LogP contribution >= 0.6 is 0 Å². The van der Waals surface area contributed by atoms with Gasteiger partial charge in [-0.05, 0) is 31.5 Å². The topological polar surface area (TPSA) is 87.5 Å². The van der Waals surface area contributed by atoms with Crippen LogP contribution in [0, 0.1) is 0 Å². The summed E-state index contributed by atoms with van der Waals surface area (Å²) < 4.78 is 0. The van der Waals surface area contributed by atoms with Gasteiger partial charge in [0.1, 0.15) is 0 Å². The molecule has 0 radical (unpaired) electrons. The van der Waals surface area contributed by atoms with Crippen LogP contribution in [-0.2, 0) is 9.59 Å². The number of para-hydroxylation sites is 2. The lowest BCUT2D eigenvalue weighted by Crippen LogP contribution is -2.34. The molecule has 6 heteroatoms. The van der Waals surface area contributed by atoms with E-state index in [9.17, 15) is 9.59 Å². The first-order valence-corrected chi connectivity index (χ1v) is 7.28. The molecule has 6 nitrogen and oxygen atoms in total. The number of rotatable bonds is 5. The lowest BCUT2D eigenvalue weighted by molar-refractivity contribution is -0.121. The van der Waals surface area contributed by atoms with Crippen LogP contribution in [-0.4, -0.2) is 42.9 Å². The van der Waals surface area contributed by atoms with Crippen LogP contribution in [0.5, 0.6) is 0 Å². The standard InChI is InChI=1S/C15H22N4O2/c16-12-5-1-2-6-13(12)18-14(20)7-3-9-19-10-4-8-17-15(21)11-19/h1-2,5-6H,3-4,7-11,16H2,(H,17,21)(H,18,20). The van der Waals surface area contributed by atoms with E-state index >= 15 is 0 Å². The molecule has 1 aliphatic rings. The highest BCUT2D eigenvalue weighted by Crippen LogP contribution is 2.17. The van der Waals surface area contributed by atoms with Crippen LogP contribution in [0.4, 0.5) is 11.4 Å². The first-order valence-electron chi connectivity index (χ1n) is 7.28. The second kappa shape index (κ2) is 7.64. The summed E-state index contributed by atoms with van der Waals surface area (Å²) in [6.45, 7) is 2.81. The fourth-order valence-corrected chi connectivity index (χ4v) is 2.35. The molecule has 0 aromatic heterocycles. The number of amides is 2. The number of hydrogen-bond acceptors (Lipinski definition) is 4. The number of nitrogen functional groups attached to an aromatic ring is 1. The van der Waals surface area contributed by atoms with Crippen molar-refractivity contribution < 1.29 is 9.59 Å². The summed E-state index contributed by atoms with van der Waals surface area (Å²) >= 11 is 0. The number of nitrogens with zero attached hydrogens (tertiary/aromatic N) is 1. The van der Waals surface area contributed by atoms with E-state index in [1.807, 2.05) is 12.1 Å². The maximum atomic E-state index is 11.9. The quantitative estimate of drug-likeness (QED) is 0.700. The van der Waals surface area contributed by atoms with Gasteiger partial charge in [-0.1, -0.05) is 12.1 Å². The molecule has 0 atom stereocenters. The van der Waals surface area contributed by atoms with E-state index in [2.05, 4.69) is 15.5 Å². The van der Waals surface area contributed by atoms with Crippen LogP contribution in [0.1, 0.15) is 19.3 Å². The Balaban J connectivity index is 1.72. The zero-order valence-corrected chi connectivity index (χ0v) is 12.1. The SMILES string of the molecule is Nc1ccccc1NC(=O)CCCN1CCCNC(=O)C1. The molecule has 2 rings (SSSR count). The van der Waals surface area contributed by atoms with Crippen molar-refractivity contribution in [3.05, 3.63) is 24.3 Å². The van der Waals surface area contributed by atoms with Gasteiger partial charge in [0.25, 0.3) is 0 Å². The molecule has 1 aromatic carbocycles. The number of carbonyl (C=O) groups is 2.